The maximum absolute atomic E-state index is 12.7. The predicted octanol–water partition coefficient (Wildman–Crippen LogP) is 5.57. The lowest BCUT2D eigenvalue weighted by atomic mass is 10.0. The second-order valence-electron chi connectivity index (χ2n) is 7.78. The van der Waals surface area contributed by atoms with E-state index in [2.05, 4.69) is 38.0 Å². The summed E-state index contributed by atoms with van der Waals surface area (Å²) in [6, 6.07) is 20.8. The van der Waals surface area contributed by atoms with Crippen LogP contribution in [0.2, 0.25) is 0 Å². The van der Waals surface area contributed by atoms with Crippen LogP contribution < -0.4 is 15.4 Å². The average Bonchev–Trinajstić information content (AvgIpc) is 3.53. The van der Waals surface area contributed by atoms with Crippen LogP contribution in [0.3, 0.4) is 0 Å². The molecule has 0 radical (unpaired) electrons. The maximum Gasteiger partial charge on any atom is 0.255 e. The third kappa shape index (κ3) is 4.60. The van der Waals surface area contributed by atoms with Gasteiger partial charge in [0.25, 0.3) is 5.91 Å². The van der Waals surface area contributed by atoms with Crippen molar-refractivity contribution >= 4 is 44.7 Å². The first-order valence-electron chi connectivity index (χ1n) is 10.7. The second-order valence-corrected chi connectivity index (χ2v) is 8.78. The van der Waals surface area contributed by atoms with E-state index in [0.717, 1.165) is 27.2 Å². The van der Waals surface area contributed by atoms with E-state index in [4.69, 9.17) is 4.74 Å². The topological polar surface area (TPSA) is 105 Å². The first-order chi connectivity index (χ1) is 16.6. The van der Waals surface area contributed by atoms with Gasteiger partial charge in [-0.05, 0) is 54.1 Å². The Kier molecular flexibility index (Phi) is 5.92. The highest BCUT2D eigenvalue weighted by Gasteiger charge is 2.16. The standard InChI is InChI=1S/C25H22N6O2S/c1-15(24-30-31-25(34-24)28-20-9-10-22-18(12-20)14-26-29-22)16-5-3-7-19(11-16)27-23(32)17-6-4-8-21(13-17)33-2/h3-15H,1-2H3,(H,26,29)(H,27,32)(H,28,31). The lowest BCUT2D eigenvalue weighted by molar-refractivity contribution is 0.102. The molecular formula is C25H22N6O2S. The highest BCUT2D eigenvalue weighted by molar-refractivity contribution is 7.15. The zero-order valence-corrected chi connectivity index (χ0v) is 19.4. The van der Waals surface area contributed by atoms with Crippen LogP contribution in [0.5, 0.6) is 5.75 Å². The molecule has 2 heterocycles. The third-order valence-corrected chi connectivity index (χ3v) is 6.50. The van der Waals surface area contributed by atoms with Crippen molar-refractivity contribution in [3.63, 3.8) is 0 Å². The number of carbonyl (C=O) groups is 1. The molecule has 34 heavy (non-hydrogen) atoms. The number of hydrogen-bond donors (Lipinski definition) is 3. The Bertz CT molecular complexity index is 1460. The molecule has 3 aromatic carbocycles. The minimum absolute atomic E-state index is 0.0121. The van der Waals surface area contributed by atoms with Crippen molar-refractivity contribution in [3.8, 4) is 5.75 Å². The number of rotatable bonds is 7. The van der Waals surface area contributed by atoms with Crippen molar-refractivity contribution in [2.75, 3.05) is 17.7 Å². The van der Waals surface area contributed by atoms with E-state index >= 15 is 0 Å². The summed E-state index contributed by atoms with van der Waals surface area (Å²) in [4.78, 5) is 12.7. The average molecular weight is 471 g/mol. The molecule has 1 unspecified atom stereocenters. The number of amides is 1. The molecule has 170 valence electrons. The summed E-state index contributed by atoms with van der Waals surface area (Å²) in [6.45, 7) is 2.07. The summed E-state index contributed by atoms with van der Waals surface area (Å²) >= 11 is 1.50. The van der Waals surface area contributed by atoms with Gasteiger partial charge in [0.1, 0.15) is 10.8 Å². The molecule has 5 rings (SSSR count). The minimum Gasteiger partial charge on any atom is -0.497 e. The lowest BCUT2D eigenvalue weighted by Crippen LogP contribution is -2.12. The van der Waals surface area contributed by atoms with Crippen LogP contribution in [0, 0.1) is 0 Å². The van der Waals surface area contributed by atoms with Crippen molar-refractivity contribution in [3.05, 3.63) is 89.1 Å². The summed E-state index contributed by atoms with van der Waals surface area (Å²) < 4.78 is 5.21. The SMILES string of the molecule is COc1cccc(C(=O)Nc2cccc(C(C)c3nnc(Nc4ccc5[nH]ncc5c4)s3)c2)c1. The van der Waals surface area contributed by atoms with Gasteiger partial charge in [0.15, 0.2) is 0 Å². The Morgan fingerprint density at radius 1 is 1.03 bits per heavy atom. The van der Waals surface area contributed by atoms with Gasteiger partial charge in [-0.15, -0.1) is 10.2 Å². The fraction of sp³-hybridized carbons (Fsp3) is 0.120. The Morgan fingerprint density at radius 3 is 2.79 bits per heavy atom. The molecule has 1 amide bonds. The number of aromatic amines is 1. The summed E-state index contributed by atoms with van der Waals surface area (Å²) in [6.07, 6.45) is 1.79. The van der Waals surface area contributed by atoms with Crippen molar-refractivity contribution in [1.29, 1.82) is 0 Å². The van der Waals surface area contributed by atoms with Gasteiger partial charge in [-0.2, -0.15) is 5.10 Å². The van der Waals surface area contributed by atoms with Crippen LogP contribution >= 0.6 is 11.3 Å². The van der Waals surface area contributed by atoms with Gasteiger partial charge < -0.3 is 15.4 Å². The lowest BCUT2D eigenvalue weighted by Gasteiger charge is -2.11. The van der Waals surface area contributed by atoms with Crippen LogP contribution in [0.1, 0.15) is 33.8 Å². The zero-order valence-electron chi connectivity index (χ0n) is 18.6. The molecule has 9 heteroatoms. The fourth-order valence-corrected chi connectivity index (χ4v) is 4.44. The molecule has 2 aromatic heterocycles. The van der Waals surface area contributed by atoms with Crippen LogP contribution in [0.25, 0.3) is 10.9 Å². The van der Waals surface area contributed by atoms with E-state index in [1.54, 1.807) is 37.6 Å². The Morgan fingerprint density at radius 2 is 1.91 bits per heavy atom. The molecule has 5 aromatic rings. The number of benzene rings is 3. The molecule has 1 atom stereocenters. The monoisotopic (exact) mass is 470 g/mol. The normalized spacial score (nSPS) is 11.8. The molecule has 0 aliphatic rings. The predicted molar refractivity (Wildman–Crippen MR) is 134 cm³/mol. The Labute approximate surface area is 200 Å². The van der Waals surface area contributed by atoms with Crippen molar-refractivity contribution in [1.82, 2.24) is 20.4 Å². The largest absolute Gasteiger partial charge is 0.497 e. The van der Waals surface area contributed by atoms with Crippen LogP contribution in [0.15, 0.2) is 72.9 Å². The summed E-state index contributed by atoms with van der Waals surface area (Å²) in [5.74, 6) is 0.458. The molecule has 3 N–H and O–H groups in total. The molecule has 8 nitrogen and oxygen atoms in total. The van der Waals surface area contributed by atoms with E-state index in [1.807, 2.05) is 42.5 Å². The maximum atomic E-state index is 12.7. The number of methoxy groups -OCH3 is 1. The van der Waals surface area contributed by atoms with E-state index in [0.29, 0.717) is 22.1 Å². The summed E-state index contributed by atoms with van der Waals surface area (Å²) in [5.41, 5.74) is 4.19. The van der Waals surface area contributed by atoms with Gasteiger partial charge in [-0.3, -0.25) is 9.89 Å². The number of anilines is 3. The molecule has 0 aliphatic carbocycles. The first kappa shape index (κ1) is 21.6. The molecule has 0 saturated carbocycles. The van der Waals surface area contributed by atoms with E-state index < -0.39 is 0 Å². The highest BCUT2D eigenvalue weighted by atomic mass is 32.1. The smallest absolute Gasteiger partial charge is 0.255 e. The number of fused-ring (bicyclic) bond motifs is 1. The van der Waals surface area contributed by atoms with Gasteiger partial charge in [-0.25, -0.2) is 0 Å². The number of carbonyl (C=O) groups excluding carboxylic acids is 1. The van der Waals surface area contributed by atoms with Crippen LogP contribution in [-0.4, -0.2) is 33.4 Å². The highest BCUT2D eigenvalue weighted by Crippen LogP contribution is 2.31. The number of ether oxygens (including phenoxy) is 1. The molecular weight excluding hydrogens is 448 g/mol. The van der Waals surface area contributed by atoms with E-state index in [9.17, 15) is 4.79 Å². The van der Waals surface area contributed by atoms with Crippen LogP contribution in [0.4, 0.5) is 16.5 Å². The number of aromatic nitrogens is 4. The zero-order chi connectivity index (χ0) is 23.5. The van der Waals surface area contributed by atoms with Crippen molar-refractivity contribution < 1.29 is 9.53 Å². The second kappa shape index (κ2) is 9.32. The number of nitrogens with zero attached hydrogens (tertiary/aromatic N) is 3. The van der Waals surface area contributed by atoms with Crippen molar-refractivity contribution in [2.24, 2.45) is 0 Å². The third-order valence-electron chi connectivity index (χ3n) is 5.48. The molecule has 0 fully saturated rings. The van der Waals surface area contributed by atoms with E-state index in [1.165, 1.54) is 11.3 Å². The molecule has 0 saturated heterocycles. The fourth-order valence-electron chi connectivity index (χ4n) is 3.60. The Balaban J connectivity index is 1.29. The number of hydrogen-bond acceptors (Lipinski definition) is 7. The minimum atomic E-state index is -0.194. The first-order valence-corrected chi connectivity index (χ1v) is 11.5. The van der Waals surface area contributed by atoms with Gasteiger partial charge in [-0.1, -0.05) is 36.5 Å². The number of H-pyrrole nitrogens is 1. The molecule has 0 bridgehead atoms. The van der Waals surface area contributed by atoms with Gasteiger partial charge in [0.2, 0.25) is 5.13 Å². The summed E-state index contributed by atoms with van der Waals surface area (Å²) in [5, 5.41) is 24.6. The van der Waals surface area contributed by atoms with Gasteiger partial charge in [0, 0.05) is 28.2 Å². The molecule has 0 spiro atoms. The van der Waals surface area contributed by atoms with Gasteiger partial charge >= 0.3 is 0 Å². The quantitative estimate of drug-likeness (QED) is 0.287. The Hall–Kier alpha value is -4.24. The van der Waals surface area contributed by atoms with Crippen LogP contribution in [-0.2, 0) is 0 Å². The van der Waals surface area contributed by atoms with Gasteiger partial charge in [0.05, 0.1) is 18.8 Å². The van der Waals surface area contributed by atoms with E-state index in [-0.39, 0.29) is 11.8 Å². The number of nitrogens with one attached hydrogen (secondary N) is 3. The van der Waals surface area contributed by atoms with Crippen molar-refractivity contribution in [2.45, 2.75) is 12.8 Å². The summed E-state index contributed by atoms with van der Waals surface area (Å²) in [7, 11) is 1.58. The molecule has 0 aliphatic heterocycles.